The highest BCUT2D eigenvalue weighted by Gasteiger charge is 2.28. The number of rotatable bonds is 6. The number of fused-ring (bicyclic) bond motifs is 3. The van der Waals surface area contributed by atoms with Gasteiger partial charge in [0.15, 0.2) is 4.96 Å². The zero-order valence-corrected chi connectivity index (χ0v) is 19.9. The lowest BCUT2D eigenvalue weighted by Gasteiger charge is -2.21. The van der Waals surface area contributed by atoms with E-state index in [4.69, 9.17) is 11.6 Å². The molecule has 7 nitrogen and oxygen atoms in total. The third-order valence-corrected chi connectivity index (χ3v) is 7.53. The summed E-state index contributed by atoms with van der Waals surface area (Å²) in [5.41, 5.74) is 1.16. The Hall–Kier alpha value is -2.36. The van der Waals surface area contributed by atoms with E-state index < -0.39 is 24.0 Å². The Bertz CT molecular complexity index is 1240. The third kappa shape index (κ3) is 4.55. The highest BCUT2D eigenvalue weighted by Crippen LogP contribution is 2.29. The minimum atomic E-state index is -1.16. The largest absolute Gasteiger partial charge is 0.480 e. The van der Waals surface area contributed by atoms with E-state index in [1.54, 1.807) is 34.9 Å². The van der Waals surface area contributed by atoms with Crippen LogP contribution >= 0.6 is 34.7 Å². The monoisotopic (exact) mass is 491 g/mol. The number of amides is 1. The van der Waals surface area contributed by atoms with Gasteiger partial charge >= 0.3 is 5.97 Å². The molecule has 1 N–H and O–H groups in total. The van der Waals surface area contributed by atoms with Gasteiger partial charge in [0.05, 0.1) is 0 Å². The van der Waals surface area contributed by atoms with Crippen molar-refractivity contribution < 1.29 is 14.7 Å². The molecule has 10 heteroatoms. The predicted molar refractivity (Wildman–Crippen MR) is 126 cm³/mol. The topological polar surface area (TPSA) is 92.0 Å². The summed E-state index contributed by atoms with van der Waals surface area (Å²) in [7, 11) is 0. The van der Waals surface area contributed by atoms with Crippen molar-refractivity contribution in [2.45, 2.75) is 43.7 Å². The fourth-order valence-corrected chi connectivity index (χ4v) is 5.89. The van der Waals surface area contributed by atoms with Gasteiger partial charge in [-0.05, 0) is 49.6 Å². The minimum Gasteiger partial charge on any atom is -0.480 e. The van der Waals surface area contributed by atoms with Gasteiger partial charge in [0.1, 0.15) is 17.1 Å². The van der Waals surface area contributed by atoms with Crippen LogP contribution in [0.5, 0.6) is 0 Å². The molecule has 32 heavy (non-hydrogen) atoms. The molecule has 0 fully saturated rings. The highest BCUT2D eigenvalue weighted by atomic mass is 35.5. The van der Waals surface area contributed by atoms with Crippen molar-refractivity contribution in [3.63, 3.8) is 0 Å². The van der Waals surface area contributed by atoms with Gasteiger partial charge in [0, 0.05) is 22.1 Å². The van der Waals surface area contributed by atoms with Crippen LogP contribution in [0.1, 0.15) is 45.8 Å². The molecule has 1 aliphatic carbocycles. The van der Waals surface area contributed by atoms with Crippen molar-refractivity contribution in [2.75, 3.05) is 12.8 Å². The van der Waals surface area contributed by atoms with Crippen molar-refractivity contribution >= 4 is 51.5 Å². The molecule has 1 amide bonds. The normalized spacial score (nSPS) is 13.6. The first-order chi connectivity index (χ1) is 15.4. The number of carbonyl (C=O) groups is 2. The van der Waals surface area contributed by atoms with Crippen LogP contribution in [0.4, 0.5) is 0 Å². The summed E-state index contributed by atoms with van der Waals surface area (Å²) < 4.78 is 1.57. The second-order valence-electron chi connectivity index (χ2n) is 7.63. The lowest BCUT2D eigenvalue weighted by molar-refractivity contribution is -0.137. The summed E-state index contributed by atoms with van der Waals surface area (Å²) in [4.78, 5) is 46.2. The van der Waals surface area contributed by atoms with Crippen molar-refractivity contribution in [2.24, 2.45) is 0 Å². The number of aryl methyl sites for hydroxylation is 2. The number of thioether (sulfide) groups is 1. The molecular weight excluding hydrogens is 470 g/mol. The van der Waals surface area contributed by atoms with Crippen LogP contribution in [-0.4, -0.2) is 44.1 Å². The lowest BCUT2D eigenvalue weighted by Crippen LogP contribution is -2.39. The van der Waals surface area contributed by atoms with Crippen LogP contribution < -0.4 is 5.56 Å². The summed E-state index contributed by atoms with van der Waals surface area (Å²) in [5, 5.41) is 10.3. The van der Waals surface area contributed by atoms with Gasteiger partial charge in [0.25, 0.3) is 11.5 Å². The maximum absolute atomic E-state index is 13.6. The quantitative estimate of drug-likeness (QED) is 0.316. The van der Waals surface area contributed by atoms with E-state index in [2.05, 4.69) is 4.98 Å². The number of hydrogen-bond donors (Lipinski definition) is 1. The van der Waals surface area contributed by atoms with Crippen molar-refractivity contribution in [1.82, 2.24) is 14.3 Å². The minimum absolute atomic E-state index is 0.0417. The van der Waals surface area contributed by atoms with Crippen LogP contribution in [0.15, 0.2) is 34.1 Å². The van der Waals surface area contributed by atoms with Gasteiger partial charge in [-0.3, -0.25) is 18.8 Å². The van der Waals surface area contributed by atoms with E-state index >= 15 is 0 Å². The van der Waals surface area contributed by atoms with E-state index in [9.17, 15) is 19.5 Å². The van der Waals surface area contributed by atoms with E-state index in [-0.39, 0.29) is 12.1 Å². The van der Waals surface area contributed by atoms with Crippen LogP contribution in [0, 0.1) is 0 Å². The predicted octanol–water partition coefficient (Wildman–Crippen LogP) is 4.13. The van der Waals surface area contributed by atoms with Crippen LogP contribution in [0.2, 0.25) is 5.02 Å². The fraction of sp³-hybridized carbons (Fsp3) is 0.364. The Morgan fingerprint density at radius 3 is 2.62 bits per heavy atom. The number of carbonyl (C=O) groups excluding carboxylic acids is 1. The van der Waals surface area contributed by atoms with Gasteiger partial charge in [-0.2, -0.15) is 0 Å². The summed E-state index contributed by atoms with van der Waals surface area (Å²) in [6.07, 6.45) is 6.60. The summed E-state index contributed by atoms with van der Waals surface area (Å²) in [6.45, 7) is -0.487. The number of benzene rings is 1. The molecule has 0 saturated heterocycles. The Labute approximate surface area is 198 Å². The first-order valence-corrected chi connectivity index (χ1v) is 12.7. The number of hydrogen-bond acceptors (Lipinski definition) is 6. The first-order valence-electron chi connectivity index (χ1n) is 10.3. The Kier molecular flexibility index (Phi) is 6.88. The van der Waals surface area contributed by atoms with Crippen LogP contribution in [0.25, 0.3) is 4.96 Å². The molecule has 168 valence electrons. The van der Waals surface area contributed by atoms with Crippen molar-refractivity contribution in [3.8, 4) is 0 Å². The molecule has 0 aliphatic heterocycles. The Morgan fingerprint density at radius 2 is 1.94 bits per heavy atom. The van der Waals surface area contributed by atoms with Crippen molar-refractivity contribution in [3.05, 3.63) is 61.3 Å². The number of thiazole rings is 1. The van der Waals surface area contributed by atoms with Gasteiger partial charge in [-0.25, -0.2) is 4.98 Å². The number of carboxylic acid groups (broad SMARTS) is 1. The molecule has 4 rings (SSSR count). The molecular formula is C22H22ClN3O4S2. The van der Waals surface area contributed by atoms with Crippen molar-refractivity contribution in [1.29, 1.82) is 0 Å². The molecule has 0 atom stereocenters. The second kappa shape index (κ2) is 9.64. The zero-order chi connectivity index (χ0) is 22.8. The molecule has 3 aromatic rings. The summed E-state index contributed by atoms with van der Waals surface area (Å²) >= 11 is 8.66. The SMILES string of the molecule is CSc1nc2sc3c(n2c(=O)c1C(=O)N(CC(=O)O)Cc1ccc(Cl)cc1)CCCCC3. The fourth-order valence-electron chi connectivity index (χ4n) is 3.95. The molecule has 0 bridgehead atoms. The molecule has 2 heterocycles. The maximum Gasteiger partial charge on any atom is 0.323 e. The van der Waals surface area contributed by atoms with Gasteiger partial charge in [-0.1, -0.05) is 30.2 Å². The maximum atomic E-state index is 13.6. The third-order valence-electron chi connectivity index (χ3n) is 5.45. The molecule has 0 radical (unpaired) electrons. The van der Waals surface area contributed by atoms with Crippen LogP contribution in [-0.2, 0) is 24.2 Å². The molecule has 0 unspecified atom stereocenters. The smallest absolute Gasteiger partial charge is 0.323 e. The number of carboxylic acids is 1. The average Bonchev–Trinajstić information content (AvgIpc) is 2.95. The van der Waals surface area contributed by atoms with Gasteiger partial charge in [0.2, 0.25) is 0 Å². The second-order valence-corrected chi connectivity index (χ2v) is 9.93. The van der Waals surface area contributed by atoms with E-state index in [0.29, 0.717) is 20.6 Å². The zero-order valence-electron chi connectivity index (χ0n) is 17.5. The molecule has 1 aliphatic rings. The number of aliphatic carboxylic acids is 1. The van der Waals surface area contributed by atoms with Crippen LogP contribution in [0.3, 0.4) is 0 Å². The van der Waals surface area contributed by atoms with Gasteiger partial charge in [-0.15, -0.1) is 23.1 Å². The standard InChI is InChI=1S/C22H22ClN3O4S2/c1-31-19-18(20(29)25(12-17(27)28)11-13-7-9-14(23)10-8-13)21(30)26-15-5-3-2-4-6-16(15)32-22(26)24-19/h7-10H,2-6,11-12H2,1H3,(H,27,28). The Morgan fingerprint density at radius 1 is 1.22 bits per heavy atom. The number of aromatic nitrogens is 2. The molecule has 0 spiro atoms. The van der Waals surface area contributed by atoms with E-state index in [0.717, 1.165) is 42.7 Å². The summed E-state index contributed by atoms with van der Waals surface area (Å²) in [5.74, 6) is -1.79. The highest BCUT2D eigenvalue weighted by molar-refractivity contribution is 7.98. The van der Waals surface area contributed by atoms with Gasteiger partial charge < -0.3 is 10.0 Å². The van der Waals surface area contributed by atoms with E-state index in [1.165, 1.54) is 28.0 Å². The molecule has 1 aromatic carbocycles. The first kappa shape index (κ1) is 22.8. The lowest BCUT2D eigenvalue weighted by atomic mass is 10.2. The average molecular weight is 492 g/mol. The van der Waals surface area contributed by atoms with E-state index in [1.807, 2.05) is 0 Å². The molecule has 0 saturated carbocycles. The Balaban J connectivity index is 1.81. The number of nitrogens with zero attached hydrogens (tertiary/aromatic N) is 3. The number of halogens is 1. The summed E-state index contributed by atoms with van der Waals surface area (Å²) in [6, 6.07) is 6.81. The molecule has 2 aromatic heterocycles.